The molecule has 1 aromatic heterocycles. The second-order valence-corrected chi connectivity index (χ2v) is 8.94. The molecule has 6 nitrogen and oxygen atoms in total. The van der Waals surface area contributed by atoms with Gasteiger partial charge in [0, 0.05) is 22.6 Å². The van der Waals surface area contributed by atoms with Gasteiger partial charge in [-0.3, -0.25) is 9.47 Å². The SMILES string of the molecule is Fc1ccc(-n2c(CN3CCCCC3)nnc2SCc2cc(F)cc3c2OCOC3)cc1. The van der Waals surface area contributed by atoms with Crippen molar-refractivity contribution in [3.05, 3.63) is 65.0 Å². The van der Waals surface area contributed by atoms with Crippen LogP contribution in [0.3, 0.4) is 0 Å². The van der Waals surface area contributed by atoms with E-state index in [2.05, 4.69) is 15.1 Å². The number of nitrogens with zero attached hydrogens (tertiary/aromatic N) is 4. The summed E-state index contributed by atoms with van der Waals surface area (Å²) in [5, 5.41) is 9.56. The highest BCUT2D eigenvalue weighted by Crippen LogP contribution is 2.34. The van der Waals surface area contributed by atoms with Crippen molar-refractivity contribution >= 4 is 11.8 Å². The van der Waals surface area contributed by atoms with E-state index < -0.39 is 0 Å². The molecule has 0 N–H and O–H groups in total. The molecule has 0 spiro atoms. The Kier molecular flexibility index (Phi) is 6.38. The summed E-state index contributed by atoms with van der Waals surface area (Å²) in [6, 6.07) is 9.27. The maximum absolute atomic E-state index is 14.1. The van der Waals surface area contributed by atoms with Gasteiger partial charge in [0.15, 0.2) is 17.8 Å². The van der Waals surface area contributed by atoms with E-state index in [0.29, 0.717) is 35.4 Å². The van der Waals surface area contributed by atoms with E-state index in [-0.39, 0.29) is 18.4 Å². The summed E-state index contributed by atoms with van der Waals surface area (Å²) in [7, 11) is 0. The largest absolute Gasteiger partial charge is 0.467 e. The minimum atomic E-state index is -0.320. The fraction of sp³-hybridized carbons (Fsp3) is 0.391. The molecule has 0 unspecified atom stereocenters. The Labute approximate surface area is 189 Å². The van der Waals surface area contributed by atoms with Crippen molar-refractivity contribution in [3.63, 3.8) is 0 Å². The Balaban J connectivity index is 1.43. The Bertz CT molecular complexity index is 1080. The molecule has 0 atom stereocenters. The van der Waals surface area contributed by atoms with Gasteiger partial charge in [-0.2, -0.15) is 0 Å². The van der Waals surface area contributed by atoms with Crippen molar-refractivity contribution < 1.29 is 18.3 Å². The van der Waals surface area contributed by atoms with Crippen LogP contribution in [0.4, 0.5) is 8.78 Å². The topological polar surface area (TPSA) is 52.4 Å². The van der Waals surface area contributed by atoms with Crippen molar-refractivity contribution in [2.24, 2.45) is 0 Å². The number of ether oxygens (including phenoxy) is 2. The lowest BCUT2D eigenvalue weighted by atomic mass is 10.1. The normalized spacial score (nSPS) is 16.6. The van der Waals surface area contributed by atoms with Crippen molar-refractivity contribution in [1.82, 2.24) is 19.7 Å². The smallest absolute Gasteiger partial charge is 0.196 e. The second kappa shape index (κ2) is 9.56. The number of halogens is 2. The van der Waals surface area contributed by atoms with Crippen molar-refractivity contribution in [2.75, 3.05) is 19.9 Å². The fourth-order valence-corrected chi connectivity index (χ4v) is 5.11. The monoisotopic (exact) mass is 458 g/mol. The molecule has 2 aliphatic heterocycles. The Morgan fingerprint density at radius 3 is 2.59 bits per heavy atom. The third kappa shape index (κ3) is 4.65. The number of hydrogen-bond donors (Lipinski definition) is 0. The summed E-state index contributed by atoms with van der Waals surface area (Å²) < 4.78 is 40.6. The number of benzene rings is 2. The number of rotatable bonds is 6. The van der Waals surface area contributed by atoms with E-state index in [1.165, 1.54) is 55.3 Å². The number of piperidine rings is 1. The van der Waals surface area contributed by atoms with E-state index in [1.54, 1.807) is 12.1 Å². The van der Waals surface area contributed by atoms with Gasteiger partial charge in [-0.05, 0) is 62.3 Å². The van der Waals surface area contributed by atoms with E-state index in [1.807, 2.05) is 4.57 Å². The van der Waals surface area contributed by atoms with Crippen LogP contribution in [-0.4, -0.2) is 39.5 Å². The Hall–Kier alpha value is -2.49. The zero-order valence-corrected chi connectivity index (χ0v) is 18.4. The summed E-state index contributed by atoms with van der Waals surface area (Å²) in [5.41, 5.74) is 2.26. The van der Waals surface area contributed by atoms with Gasteiger partial charge < -0.3 is 9.47 Å². The maximum atomic E-state index is 14.1. The Morgan fingerprint density at radius 2 is 1.78 bits per heavy atom. The van der Waals surface area contributed by atoms with E-state index in [4.69, 9.17) is 9.47 Å². The van der Waals surface area contributed by atoms with Gasteiger partial charge in [-0.1, -0.05) is 18.2 Å². The lowest BCUT2D eigenvalue weighted by molar-refractivity contribution is -0.0171. The maximum Gasteiger partial charge on any atom is 0.196 e. The van der Waals surface area contributed by atoms with Crippen LogP contribution in [0.15, 0.2) is 41.6 Å². The molecular weight excluding hydrogens is 434 g/mol. The van der Waals surface area contributed by atoms with Gasteiger partial charge in [-0.15, -0.1) is 10.2 Å². The molecular formula is C23H24F2N4O2S. The van der Waals surface area contributed by atoms with Gasteiger partial charge in [0.25, 0.3) is 0 Å². The van der Waals surface area contributed by atoms with Crippen LogP contribution in [0.1, 0.15) is 36.2 Å². The van der Waals surface area contributed by atoms with Crippen LogP contribution in [0.5, 0.6) is 5.75 Å². The minimum absolute atomic E-state index is 0.155. The van der Waals surface area contributed by atoms with Crippen molar-refractivity contribution in [3.8, 4) is 11.4 Å². The van der Waals surface area contributed by atoms with E-state index in [0.717, 1.165) is 30.2 Å². The molecule has 2 aliphatic rings. The molecule has 2 aromatic carbocycles. The van der Waals surface area contributed by atoms with Crippen LogP contribution in [0.25, 0.3) is 5.69 Å². The predicted octanol–water partition coefficient (Wildman–Crippen LogP) is 4.69. The molecule has 0 radical (unpaired) electrons. The molecule has 1 saturated heterocycles. The van der Waals surface area contributed by atoms with Crippen LogP contribution in [-0.2, 0) is 23.6 Å². The first-order chi connectivity index (χ1) is 15.7. The summed E-state index contributed by atoms with van der Waals surface area (Å²) in [6.07, 6.45) is 3.62. The minimum Gasteiger partial charge on any atom is -0.467 e. The third-order valence-corrected chi connectivity index (χ3v) is 6.69. The molecule has 0 amide bonds. The van der Waals surface area contributed by atoms with E-state index >= 15 is 0 Å². The zero-order valence-electron chi connectivity index (χ0n) is 17.6. The molecule has 3 heterocycles. The fourth-order valence-electron chi connectivity index (χ4n) is 4.17. The summed E-state index contributed by atoms with van der Waals surface area (Å²) in [6.45, 7) is 3.24. The highest BCUT2D eigenvalue weighted by molar-refractivity contribution is 7.98. The van der Waals surface area contributed by atoms with Gasteiger partial charge in [0.2, 0.25) is 0 Å². The molecule has 9 heteroatoms. The molecule has 168 valence electrons. The number of hydrogen-bond acceptors (Lipinski definition) is 6. The van der Waals surface area contributed by atoms with Crippen LogP contribution < -0.4 is 4.74 Å². The van der Waals surface area contributed by atoms with Gasteiger partial charge in [0.1, 0.15) is 17.4 Å². The highest BCUT2D eigenvalue weighted by Gasteiger charge is 2.21. The molecule has 5 rings (SSSR count). The molecule has 0 aliphatic carbocycles. The predicted molar refractivity (Wildman–Crippen MR) is 117 cm³/mol. The number of aromatic nitrogens is 3. The zero-order chi connectivity index (χ0) is 21.9. The van der Waals surface area contributed by atoms with Gasteiger partial charge in [-0.25, -0.2) is 8.78 Å². The molecule has 0 bridgehead atoms. The first kappa shape index (κ1) is 21.4. The van der Waals surface area contributed by atoms with Crippen LogP contribution in [0.2, 0.25) is 0 Å². The van der Waals surface area contributed by atoms with E-state index in [9.17, 15) is 8.78 Å². The Morgan fingerprint density at radius 1 is 0.969 bits per heavy atom. The first-order valence-electron chi connectivity index (χ1n) is 10.7. The quantitative estimate of drug-likeness (QED) is 0.500. The number of thioether (sulfide) groups is 1. The van der Waals surface area contributed by atoms with Crippen molar-refractivity contribution in [2.45, 2.75) is 43.3 Å². The molecule has 1 fully saturated rings. The lowest BCUT2D eigenvalue weighted by Crippen LogP contribution is -2.30. The van der Waals surface area contributed by atoms with Crippen LogP contribution in [0, 0.1) is 11.6 Å². The molecule has 0 saturated carbocycles. The van der Waals surface area contributed by atoms with Crippen molar-refractivity contribution in [1.29, 1.82) is 0 Å². The summed E-state index contributed by atoms with van der Waals surface area (Å²) >= 11 is 1.45. The highest BCUT2D eigenvalue weighted by atomic mass is 32.2. The summed E-state index contributed by atoms with van der Waals surface area (Å²) in [5.74, 6) is 1.33. The third-order valence-electron chi connectivity index (χ3n) is 5.71. The van der Waals surface area contributed by atoms with Gasteiger partial charge in [0.05, 0.1) is 13.2 Å². The molecule has 32 heavy (non-hydrogen) atoms. The average Bonchev–Trinajstić information content (AvgIpc) is 3.21. The number of likely N-dealkylation sites (tertiary alicyclic amines) is 1. The number of fused-ring (bicyclic) bond motifs is 1. The van der Waals surface area contributed by atoms with Gasteiger partial charge >= 0.3 is 0 Å². The average molecular weight is 459 g/mol. The second-order valence-electron chi connectivity index (χ2n) is 8.00. The first-order valence-corrected chi connectivity index (χ1v) is 11.7. The summed E-state index contributed by atoms with van der Waals surface area (Å²) in [4.78, 5) is 2.37. The lowest BCUT2D eigenvalue weighted by Gasteiger charge is -2.26. The van der Waals surface area contributed by atoms with Crippen LogP contribution >= 0.6 is 11.8 Å². The standard InChI is InChI=1S/C23H24F2N4O2S/c24-18-4-6-20(7-5-18)29-21(12-28-8-2-1-3-9-28)26-27-23(29)32-14-17-11-19(25)10-16-13-30-15-31-22(16)17/h4-7,10-11H,1-3,8-9,12-15H2. The molecule has 3 aromatic rings.